The Morgan fingerprint density at radius 2 is 2.40 bits per heavy atom. The molecule has 1 saturated carbocycles. The van der Waals surface area contributed by atoms with E-state index in [1.165, 1.54) is 19.3 Å². The second kappa shape index (κ2) is 2.26. The second-order valence-electron chi connectivity index (χ2n) is 3.42. The average Bonchev–Trinajstić information content (AvgIpc) is 2.34. The minimum atomic E-state index is 0.917. The molecule has 0 radical (unpaired) electrons. The van der Waals surface area contributed by atoms with E-state index in [0.29, 0.717) is 0 Å². The maximum absolute atomic E-state index is 2.39. The Bertz CT molecular complexity index is 186. The molecule has 0 heteroatoms. The molecule has 0 aliphatic heterocycles. The summed E-state index contributed by atoms with van der Waals surface area (Å²) in [6.45, 7) is 2.15. The highest BCUT2D eigenvalue weighted by atomic mass is 14.3. The van der Waals surface area contributed by atoms with Gasteiger partial charge in [-0.15, -0.1) is 0 Å². The molecule has 1 fully saturated rings. The third-order valence-corrected chi connectivity index (χ3v) is 2.84. The van der Waals surface area contributed by atoms with Crippen molar-refractivity contribution in [2.45, 2.75) is 26.2 Å². The highest BCUT2D eigenvalue weighted by Crippen LogP contribution is 2.40. The number of rotatable bonds is 0. The molecule has 2 aliphatic rings. The lowest BCUT2D eigenvalue weighted by Gasteiger charge is -2.15. The van der Waals surface area contributed by atoms with Crippen LogP contribution >= 0.6 is 0 Å². The molecular formula is C10H14. The quantitative estimate of drug-likeness (QED) is 0.478. The smallest absolute Gasteiger partial charge is 0.0160 e. The van der Waals surface area contributed by atoms with Crippen LogP contribution in [0.1, 0.15) is 26.2 Å². The van der Waals surface area contributed by atoms with E-state index >= 15 is 0 Å². The van der Waals surface area contributed by atoms with Gasteiger partial charge in [0.25, 0.3) is 0 Å². The third kappa shape index (κ3) is 0.828. The summed E-state index contributed by atoms with van der Waals surface area (Å²) >= 11 is 0. The average molecular weight is 134 g/mol. The van der Waals surface area contributed by atoms with Crippen LogP contribution in [0.15, 0.2) is 23.8 Å². The van der Waals surface area contributed by atoms with Gasteiger partial charge in [0.2, 0.25) is 0 Å². The van der Waals surface area contributed by atoms with Crippen LogP contribution in [0.3, 0.4) is 0 Å². The van der Waals surface area contributed by atoms with E-state index in [2.05, 4.69) is 25.2 Å². The van der Waals surface area contributed by atoms with Crippen molar-refractivity contribution in [2.75, 3.05) is 0 Å². The first kappa shape index (κ1) is 6.21. The number of allylic oxidation sites excluding steroid dienone is 4. The SMILES string of the molecule is CC=C1C=CC2CCC1C2. The van der Waals surface area contributed by atoms with Crippen molar-refractivity contribution < 1.29 is 0 Å². The molecule has 0 nitrogen and oxygen atoms in total. The fourth-order valence-electron chi connectivity index (χ4n) is 2.21. The first-order chi connectivity index (χ1) is 4.90. The molecule has 54 valence electrons. The molecule has 2 bridgehead atoms. The molecule has 2 unspecified atom stereocenters. The maximum atomic E-state index is 2.39. The minimum absolute atomic E-state index is 0.917. The van der Waals surface area contributed by atoms with Crippen LogP contribution in [0, 0.1) is 11.8 Å². The van der Waals surface area contributed by atoms with Gasteiger partial charge < -0.3 is 0 Å². The Morgan fingerprint density at radius 1 is 1.50 bits per heavy atom. The summed E-state index contributed by atoms with van der Waals surface area (Å²) in [5, 5.41) is 0. The van der Waals surface area contributed by atoms with E-state index < -0.39 is 0 Å². The fourth-order valence-corrected chi connectivity index (χ4v) is 2.21. The zero-order chi connectivity index (χ0) is 6.97. The Kier molecular flexibility index (Phi) is 1.40. The van der Waals surface area contributed by atoms with Gasteiger partial charge in [0.1, 0.15) is 0 Å². The van der Waals surface area contributed by atoms with Crippen molar-refractivity contribution >= 4 is 0 Å². The van der Waals surface area contributed by atoms with Crippen LogP contribution in [-0.4, -0.2) is 0 Å². The topological polar surface area (TPSA) is 0 Å². The van der Waals surface area contributed by atoms with Gasteiger partial charge in [0.05, 0.1) is 0 Å². The Balaban J connectivity index is 2.27. The molecule has 0 saturated heterocycles. The lowest BCUT2D eigenvalue weighted by Crippen LogP contribution is -2.01. The normalized spacial score (nSPS) is 41.1. The van der Waals surface area contributed by atoms with Gasteiger partial charge in [0, 0.05) is 0 Å². The lowest BCUT2D eigenvalue weighted by molar-refractivity contribution is 0.601. The van der Waals surface area contributed by atoms with Crippen molar-refractivity contribution in [1.29, 1.82) is 0 Å². The van der Waals surface area contributed by atoms with Crippen molar-refractivity contribution in [2.24, 2.45) is 11.8 Å². The third-order valence-electron chi connectivity index (χ3n) is 2.84. The Morgan fingerprint density at radius 3 is 3.20 bits per heavy atom. The predicted molar refractivity (Wildman–Crippen MR) is 43.7 cm³/mol. The second-order valence-corrected chi connectivity index (χ2v) is 3.42. The fraction of sp³-hybridized carbons (Fsp3) is 0.600. The van der Waals surface area contributed by atoms with Crippen LogP contribution in [-0.2, 0) is 0 Å². The highest BCUT2D eigenvalue weighted by molar-refractivity contribution is 5.27. The van der Waals surface area contributed by atoms with Crippen LogP contribution < -0.4 is 0 Å². The van der Waals surface area contributed by atoms with Crippen LogP contribution in [0.25, 0.3) is 0 Å². The molecule has 0 aromatic rings. The summed E-state index contributed by atoms with van der Waals surface area (Å²) in [6, 6.07) is 0. The monoisotopic (exact) mass is 134 g/mol. The zero-order valence-electron chi connectivity index (χ0n) is 6.51. The van der Waals surface area contributed by atoms with Crippen LogP contribution in [0.2, 0.25) is 0 Å². The molecule has 0 amide bonds. The Labute approximate surface area is 62.6 Å². The standard InChI is InChI=1S/C10H14/c1-2-9-5-3-8-4-6-10(9)7-8/h2-3,5,8,10H,4,6-7H2,1H3. The minimum Gasteiger partial charge on any atom is -0.0842 e. The predicted octanol–water partition coefficient (Wildman–Crippen LogP) is 2.92. The molecule has 10 heavy (non-hydrogen) atoms. The molecule has 0 spiro atoms. The number of hydrogen-bond acceptors (Lipinski definition) is 0. The van der Waals surface area contributed by atoms with Crippen molar-refractivity contribution in [3.05, 3.63) is 23.8 Å². The zero-order valence-corrected chi connectivity index (χ0v) is 6.51. The van der Waals surface area contributed by atoms with Crippen molar-refractivity contribution in [3.8, 4) is 0 Å². The number of fused-ring (bicyclic) bond motifs is 2. The lowest BCUT2D eigenvalue weighted by atomic mass is 9.90. The van der Waals surface area contributed by atoms with Gasteiger partial charge in [-0.2, -0.15) is 0 Å². The van der Waals surface area contributed by atoms with E-state index in [0.717, 1.165) is 11.8 Å². The summed E-state index contributed by atoms with van der Waals surface area (Å²) in [5.74, 6) is 1.84. The first-order valence-electron chi connectivity index (χ1n) is 4.24. The summed E-state index contributed by atoms with van der Waals surface area (Å²) in [4.78, 5) is 0. The maximum Gasteiger partial charge on any atom is -0.0160 e. The van der Waals surface area contributed by atoms with E-state index in [1.807, 2.05) is 0 Å². The summed E-state index contributed by atoms with van der Waals surface area (Å²) < 4.78 is 0. The van der Waals surface area contributed by atoms with Gasteiger partial charge in [-0.3, -0.25) is 0 Å². The van der Waals surface area contributed by atoms with Gasteiger partial charge in [-0.25, -0.2) is 0 Å². The van der Waals surface area contributed by atoms with Crippen molar-refractivity contribution in [1.82, 2.24) is 0 Å². The largest absolute Gasteiger partial charge is 0.0842 e. The molecule has 0 aromatic heterocycles. The Hall–Kier alpha value is -0.520. The van der Waals surface area contributed by atoms with Gasteiger partial charge >= 0.3 is 0 Å². The van der Waals surface area contributed by atoms with E-state index in [9.17, 15) is 0 Å². The number of hydrogen-bond donors (Lipinski definition) is 0. The molecule has 0 aromatic carbocycles. The molecule has 0 N–H and O–H groups in total. The summed E-state index contributed by atoms with van der Waals surface area (Å²) in [5.41, 5.74) is 1.58. The van der Waals surface area contributed by atoms with E-state index in [1.54, 1.807) is 5.57 Å². The van der Waals surface area contributed by atoms with Crippen molar-refractivity contribution in [3.63, 3.8) is 0 Å². The summed E-state index contributed by atoms with van der Waals surface area (Å²) in [6.07, 6.45) is 11.3. The van der Waals surface area contributed by atoms with Crippen LogP contribution in [0.5, 0.6) is 0 Å². The van der Waals surface area contributed by atoms with E-state index in [4.69, 9.17) is 0 Å². The van der Waals surface area contributed by atoms with Gasteiger partial charge in [0.15, 0.2) is 0 Å². The summed E-state index contributed by atoms with van der Waals surface area (Å²) in [7, 11) is 0. The molecule has 2 atom stereocenters. The molecule has 0 heterocycles. The molecular weight excluding hydrogens is 120 g/mol. The van der Waals surface area contributed by atoms with E-state index in [-0.39, 0.29) is 0 Å². The van der Waals surface area contributed by atoms with Gasteiger partial charge in [-0.05, 0) is 43.6 Å². The molecule has 2 aliphatic carbocycles. The first-order valence-corrected chi connectivity index (χ1v) is 4.24. The molecule has 2 rings (SSSR count). The van der Waals surface area contributed by atoms with Gasteiger partial charge in [-0.1, -0.05) is 18.2 Å². The highest BCUT2D eigenvalue weighted by Gasteiger charge is 2.27. The van der Waals surface area contributed by atoms with Crippen LogP contribution in [0.4, 0.5) is 0 Å².